The Morgan fingerprint density at radius 1 is 1.70 bits per heavy atom. The predicted octanol–water partition coefficient (Wildman–Crippen LogP) is -0.897. The van der Waals surface area contributed by atoms with Crippen molar-refractivity contribution in [3.8, 4) is 0 Å². The fourth-order valence-electron chi connectivity index (χ4n) is 0.277. The lowest BCUT2D eigenvalue weighted by molar-refractivity contribution is -0.314. The number of carboxylic acid groups (broad SMARTS) is 1. The van der Waals surface area contributed by atoms with Crippen molar-refractivity contribution in [2.75, 3.05) is 4.43 Å². The third kappa shape index (κ3) is 3.65. The minimum atomic E-state index is -1.38. The molecular formula is C5H6IO4-. The van der Waals surface area contributed by atoms with Gasteiger partial charge in [-0.15, -0.1) is 0 Å². The second-order valence-corrected chi connectivity index (χ2v) is 2.35. The number of ether oxygens (including phenoxy) is 1. The lowest BCUT2D eigenvalue weighted by Crippen LogP contribution is -2.36. The minimum absolute atomic E-state index is 0.148. The second kappa shape index (κ2) is 4.48. The van der Waals surface area contributed by atoms with Crippen LogP contribution in [0, 0.1) is 0 Å². The van der Waals surface area contributed by atoms with Crippen molar-refractivity contribution >= 4 is 34.5 Å². The Labute approximate surface area is 71.7 Å². The maximum atomic E-state index is 10.4. The molecule has 0 spiro atoms. The van der Waals surface area contributed by atoms with E-state index < -0.39 is 18.0 Å². The van der Waals surface area contributed by atoms with E-state index >= 15 is 0 Å². The molecule has 4 nitrogen and oxygen atoms in total. The Morgan fingerprint density at radius 3 is 2.50 bits per heavy atom. The van der Waals surface area contributed by atoms with Gasteiger partial charge in [0.15, 0.2) is 0 Å². The maximum absolute atomic E-state index is 10.4. The molecule has 0 rings (SSSR count). The number of esters is 1. The Kier molecular flexibility index (Phi) is 4.33. The quantitative estimate of drug-likeness (QED) is 0.373. The summed E-state index contributed by atoms with van der Waals surface area (Å²) in [7, 11) is 0. The van der Waals surface area contributed by atoms with Crippen molar-refractivity contribution < 1.29 is 19.4 Å². The van der Waals surface area contributed by atoms with Gasteiger partial charge in [-0.1, -0.05) is 22.6 Å². The van der Waals surface area contributed by atoms with Gasteiger partial charge in [0.25, 0.3) is 0 Å². The average molecular weight is 257 g/mol. The van der Waals surface area contributed by atoms with Crippen LogP contribution in [0.1, 0.15) is 6.92 Å². The molecule has 0 N–H and O–H groups in total. The number of carbonyl (C=O) groups is 2. The van der Waals surface area contributed by atoms with Gasteiger partial charge in [0.05, 0.1) is 10.4 Å². The molecule has 0 aliphatic heterocycles. The first-order chi connectivity index (χ1) is 4.57. The highest BCUT2D eigenvalue weighted by Gasteiger charge is 2.07. The third-order valence-corrected chi connectivity index (χ3v) is 1.37. The van der Waals surface area contributed by atoms with Crippen LogP contribution in [0.4, 0.5) is 0 Å². The molecule has 0 radical (unpaired) electrons. The van der Waals surface area contributed by atoms with Gasteiger partial charge in [-0.05, 0) is 6.92 Å². The monoisotopic (exact) mass is 257 g/mol. The highest BCUT2D eigenvalue weighted by atomic mass is 127. The summed E-state index contributed by atoms with van der Waals surface area (Å²) in [4.78, 5) is 20.4. The van der Waals surface area contributed by atoms with E-state index in [-0.39, 0.29) is 4.43 Å². The van der Waals surface area contributed by atoms with Crippen molar-refractivity contribution in [3.63, 3.8) is 0 Å². The van der Waals surface area contributed by atoms with E-state index in [1.54, 1.807) is 22.6 Å². The zero-order valence-corrected chi connectivity index (χ0v) is 7.45. The van der Waals surface area contributed by atoms with Gasteiger partial charge < -0.3 is 14.6 Å². The Bertz CT molecular complexity index is 145. The summed E-state index contributed by atoms with van der Waals surface area (Å²) in [6, 6.07) is 0. The van der Waals surface area contributed by atoms with Crippen LogP contribution in [-0.4, -0.2) is 22.5 Å². The number of rotatable bonds is 3. The van der Waals surface area contributed by atoms with Crippen LogP contribution in [0.25, 0.3) is 0 Å². The SMILES string of the molecule is CC(OC(=O)CI)C(=O)[O-]. The fourth-order valence-corrected chi connectivity index (χ4v) is 0.457. The highest BCUT2D eigenvalue weighted by Crippen LogP contribution is 1.92. The standard InChI is InChI=1S/C5H7IO4/c1-3(5(8)9)10-4(7)2-6/h3H,2H2,1H3,(H,8,9)/p-1. The molecular weight excluding hydrogens is 251 g/mol. The second-order valence-electron chi connectivity index (χ2n) is 1.58. The van der Waals surface area contributed by atoms with Crippen molar-refractivity contribution in [1.82, 2.24) is 0 Å². The normalized spacial score (nSPS) is 12.2. The van der Waals surface area contributed by atoms with Crippen LogP contribution >= 0.6 is 22.6 Å². The molecule has 1 atom stereocenters. The van der Waals surface area contributed by atoms with Crippen LogP contribution in [0.2, 0.25) is 0 Å². The van der Waals surface area contributed by atoms with E-state index in [2.05, 4.69) is 4.74 Å². The van der Waals surface area contributed by atoms with Crippen LogP contribution in [0.15, 0.2) is 0 Å². The summed E-state index contributed by atoms with van der Waals surface area (Å²) in [6.45, 7) is 1.25. The first kappa shape index (κ1) is 9.67. The number of aliphatic carboxylic acids is 1. The van der Waals surface area contributed by atoms with Gasteiger partial charge in [0.2, 0.25) is 0 Å². The summed E-state index contributed by atoms with van der Waals surface area (Å²) in [5, 5.41) is 9.96. The zero-order chi connectivity index (χ0) is 8.15. The summed E-state index contributed by atoms with van der Waals surface area (Å²) in [6.07, 6.45) is -1.15. The molecule has 0 aromatic carbocycles. The molecule has 0 heterocycles. The molecule has 0 aliphatic rings. The van der Waals surface area contributed by atoms with Gasteiger partial charge in [-0.25, -0.2) is 0 Å². The third-order valence-electron chi connectivity index (χ3n) is 0.749. The first-order valence-corrected chi connectivity index (χ1v) is 4.06. The number of hydrogen-bond donors (Lipinski definition) is 0. The van der Waals surface area contributed by atoms with E-state index in [0.717, 1.165) is 0 Å². The molecule has 10 heavy (non-hydrogen) atoms. The van der Waals surface area contributed by atoms with Crippen LogP contribution in [-0.2, 0) is 14.3 Å². The van der Waals surface area contributed by atoms with E-state index in [9.17, 15) is 14.7 Å². The molecule has 0 saturated carbocycles. The summed E-state index contributed by atoms with van der Waals surface area (Å²) >= 11 is 1.78. The maximum Gasteiger partial charge on any atom is 0.316 e. The molecule has 0 aromatic rings. The minimum Gasteiger partial charge on any atom is -0.546 e. The van der Waals surface area contributed by atoms with E-state index in [0.29, 0.717) is 0 Å². The molecule has 1 unspecified atom stereocenters. The van der Waals surface area contributed by atoms with Gasteiger partial charge in [-0.2, -0.15) is 0 Å². The zero-order valence-electron chi connectivity index (χ0n) is 5.30. The first-order valence-electron chi connectivity index (χ1n) is 2.54. The van der Waals surface area contributed by atoms with Crippen LogP contribution < -0.4 is 5.11 Å². The van der Waals surface area contributed by atoms with Gasteiger partial charge in [-0.3, -0.25) is 4.79 Å². The highest BCUT2D eigenvalue weighted by molar-refractivity contribution is 14.1. The number of hydrogen-bond acceptors (Lipinski definition) is 4. The molecule has 0 amide bonds. The predicted molar refractivity (Wildman–Crippen MR) is 39.4 cm³/mol. The Morgan fingerprint density at radius 2 is 2.20 bits per heavy atom. The van der Waals surface area contributed by atoms with Gasteiger partial charge in [0, 0.05) is 0 Å². The Hall–Kier alpha value is -0.330. The average Bonchev–Trinajstić information content (AvgIpc) is 1.87. The molecule has 0 saturated heterocycles. The number of carbonyl (C=O) groups excluding carboxylic acids is 2. The van der Waals surface area contributed by atoms with Crippen molar-refractivity contribution in [1.29, 1.82) is 0 Å². The summed E-state index contributed by atoms with van der Waals surface area (Å²) in [5.74, 6) is -1.92. The topological polar surface area (TPSA) is 66.4 Å². The molecule has 0 fully saturated rings. The van der Waals surface area contributed by atoms with Crippen molar-refractivity contribution in [3.05, 3.63) is 0 Å². The summed E-state index contributed by atoms with van der Waals surface area (Å²) < 4.78 is 4.50. The number of carboxylic acids is 1. The molecule has 0 aliphatic carbocycles. The molecule has 5 heteroatoms. The number of alkyl halides is 1. The summed E-state index contributed by atoms with van der Waals surface area (Å²) in [5.41, 5.74) is 0. The van der Waals surface area contributed by atoms with Gasteiger partial charge in [0.1, 0.15) is 6.10 Å². The van der Waals surface area contributed by atoms with Crippen molar-refractivity contribution in [2.45, 2.75) is 13.0 Å². The van der Waals surface area contributed by atoms with Gasteiger partial charge >= 0.3 is 5.97 Å². The van der Waals surface area contributed by atoms with E-state index in [1.807, 2.05) is 0 Å². The number of halogens is 1. The Balaban J connectivity index is 3.68. The molecule has 0 bridgehead atoms. The molecule has 58 valence electrons. The van der Waals surface area contributed by atoms with Crippen LogP contribution in [0.3, 0.4) is 0 Å². The largest absolute Gasteiger partial charge is 0.546 e. The van der Waals surface area contributed by atoms with Crippen LogP contribution in [0.5, 0.6) is 0 Å². The van der Waals surface area contributed by atoms with E-state index in [1.165, 1.54) is 6.92 Å². The smallest absolute Gasteiger partial charge is 0.316 e. The van der Waals surface area contributed by atoms with Crippen molar-refractivity contribution in [2.24, 2.45) is 0 Å². The van der Waals surface area contributed by atoms with E-state index in [4.69, 9.17) is 0 Å². The lowest BCUT2D eigenvalue weighted by atomic mass is 10.4. The molecule has 0 aromatic heterocycles. The lowest BCUT2D eigenvalue weighted by Gasteiger charge is -2.12. The fraction of sp³-hybridized carbons (Fsp3) is 0.600.